The molecule has 0 aliphatic heterocycles. The number of hydrogen-bond acceptors (Lipinski definition) is 0. The van der Waals surface area contributed by atoms with E-state index in [9.17, 15) is 8.78 Å². The molecule has 0 aromatic rings. The number of rotatable bonds is 4. The molecule has 0 amide bonds. The molecule has 0 saturated heterocycles. The fraction of sp³-hybridized carbons (Fsp3) is 1.00. The van der Waals surface area contributed by atoms with Crippen molar-refractivity contribution in [3.05, 3.63) is 0 Å². The van der Waals surface area contributed by atoms with Crippen molar-refractivity contribution >= 4 is 9.52 Å². The van der Waals surface area contributed by atoms with Crippen LogP contribution >= 0.6 is 0 Å². The molecule has 0 nitrogen and oxygen atoms in total. The maximum absolute atomic E-state index is 11.7. The van der Waals surface area contributed by atoms with Crippen LogP contribution in [0.25, 0.3) is 0 Å². The minimum Gasteiger partial charge on any atom is -0.211 e. The molecule has 1 aliphatic carbocycles. The number of halogens is 2. The first-order valence-electron chi connectivity index (χ1n) is 4.57. The lowest BCUT2D eigenvalue weighted by molar-refractivity contribution is 0.144. The Labute approximate surface area is 69.2 Å². The highest BCUT2D eigenvalue weighted by molar-refractivity contribution is 6.37. The topological polar surface area (TPSA) is 0 Å². The van der Waals surface area contributed by atoms with Crippen LogP contribution in [0, 0.1) is 0 Å². The van der Waals surface area contributed by atoms with Gasteiger partial charge in [-0.25, -0.2) is 8.78 Å². The van der Waals surface area contributed by atoms with Gasteiger partial charge in [0.05, 0.1) is 0 Å². The minimum atomic E-state index is -2.05. The van der Waals surface area contributed by atoms with Gasteiger partial charge in [0.15, 0.2) is 0 Å². The van der Waals surface area contributed by atoms with Crippen LogP contribution < -0.4 is 0 Å². The molecule has 0 N–H and O–H groups in total. The van der Waals surface area contributed by atoms with Gasteiger partial charge in [0.2, 0.25) is 6.43 Å². The summed E-state index contributed by atoms with van der Waals surface area (Å²) in [7, 11) is -0.135. The summed E-state index contributed by atoms with van der Waals surface area (Å²) in [5.74, 6) is 0. The van der Waals surface area contributed by atoms with Crippen LogP contribution in [0.3, 0.4) is 0 Å². The molecule has 0 atom stereocenters. The molecule has 1 aliphatic rings. The minimum absolute atomic E-state index is 0.135. The molecule has 0 aromatic heterocycles. The highest BCUT2D eigenvalue weighted by Crippen LogP contribution is 2.30. The van der Waals surface area contributed by atoms with E-state index in [1.807, 2.05) is 0 Å². The summed E-state index contributed by atoms with van der Waals surface area (Å²) in [4.78, 5) is 0. The summed E-state index contributed by atoms with van der Waals surface area (Å²) in [6.07, 6.45) is 3.51. The van der Waals surface area contributed by atoms with Crippen molar-refractivity contribution in [1.82, 2.24) is 0 Å². The van der Waals surface area contributed by atoms with Gasteiger partial charge in [-0.1, -0.05) is 37.3 Å². The Kier molecular flexibility index (Phi) is 4.05. The first-order chi connectivity index (χ1) is 5.29. The van der Waals surface area contributed by atoms with Crippen molar-refractivity contribution in [3.63, 3.8) is 0 Å². The van der Waals surface area contributed by atoms with Gasteiger partial charge in [-0.15, -0.1) is 0 Å². The van der Waals surface area contributed by atoms with Crippen LogP contribution in [0.2, 0.25) is 11.6 Å². The highest BCUT2D eigenvalue weighted by atomic mass is 28.2. The molecule has 0 spiro atoms. The predicted octanol–water partition coefficient (Wildman–Crippen LogP) is 2.59. The second-order valence-electron chi connectivity index (χ2n) is 3.47. The fourth-order valence-electron chi connectivity index (χ4n) is 1.86. The molecule has 66 valence electrons. The van der Waals surface area contributed by atoms with Gasteiger partial charge < -0.3 is 0 Å². The number of alkyl halides is 2. The first kappa shape index (κ1) is 9.17. The third kappa shape index (κ3) is 3.84. The molecule has 11 heavy (non-hydrogen) atoms. The lowest BCUT2D eigenvalue weighted by Gasteiger charge is -2.06. The SMILES string of the molecule is FC(F)CC[SiH2]C1CCCC1. The van der Waals surface area contributed by atoms with Gasteiger partial charge in [-0.05, 0) is 0 Å². The van der Waals surface area contributed by atoms with Gasteiger partial charge in [-0.3, -0.25) is 0 Å². The summed E-state index contributed by atoms with van der Waals surface area (Å²) in [5, 5.41) is 0. The van der Waals surface area contributed by atoms with Crippen molar-refractivity contribution in [1.29, 1.82) is 0 Å². The zero-order valence-electron chi connectivity index (χ0n) is 6.86. The molecular formula is C8H16F2Si. The van der Waals surface area contributed by atoms with Crippen molar-refractivity contribution in [3.8, 4) is 0 Å². The Morgan fingerprint density at radius 1 is 1.27 bits per heavy atom. The third-order valence-electron chi connectivity index (χ3n) is 2.51. The van der Waals surface area contributed by atoms with E-state index < -0.39 is 6.43 Å². The van der Waals surface area contributed by atoms with Crippen LogP contribution in [-0.4, -0.2) is 15.9 Å². The molecule has 0 bridgehead atoms. The third-order valence-corrected chi connectivity index (χ3v) is 4.96. The Morgan fingerprint density at radius 3 is 2.45 bits per heavy atom. The lowest BCUT2D eigenvalue weighted by atomic mass is 10.4. The van der Waals surface area contributed by atoms with Gasteiger partial charge in [0.1, 0.15) is 0 Å². The second kappa shape index (κ2) is 4.86. The van der Waals surface area contributed by atoms with E-state index >= 15 is 0 Å². The molecule has 1 fully saturated rings. The average molecular weight is 178 g/mol. The molecule has 0 aromatic carbocycles. The molecule has 3 heteroatoms. The standard InChI is InChI=1S/C8H16F2Si/c9-8(10)5-6-11-7-3-1-2-4-7/h7-8H,1-6,11H2. The van der Waals surface area contributed by atoms with Crippen molar-refractivity contribution in [2.75, 3.05) is 0 Å². The van der Waals surface area contributed by atoms with Crippen molar-refractivity contribution in [2.24, 2.45) is 0 Å². The Balaban J connectivity index is 1.94. The smallest absolute Gasteiger partial charge is 0.211 e. The quantitative estimate of drug-likeness (QED) is 0.580. The van der Waals surface area contributed by atoms with E-state index in [1.165, 1.54) is 25.7 Å². The molecule has 0 heterocycles. The monoisotopic (exact) mass is 178 g/mol. The van der Waals surface area contributed by atoms with Crippen LogP contribution in [0.5, 0.6) is 0 Å². The second-order valence-corrected chi connectivity index (χ2v) is 5.91. The van der Waals surface area contributed by atoms with Gasteiger partial charge in [-0.2, -0.15) is 0 Å². The van der Waals surface area contributed by atoms with Crippen LogP contribution in [0.1, 0.15) is 32.1 Å². The van der Waals surface area contributed by atoms with Gasteiger partial charge >= 0.3 is 0 Å². The lowest BCUT2D eigenvalue weighted by Crippen LogP contribution is -2.01. The molecule has 1 saturated carbocycles. The van der Waals surface area contributed by atoms with E-state index in [0.717, 1.165) is 11.6 Å². The molecule has 1 rings (SSSR count). The predicted molar refractivity (Wildman–Crippen MR) is 46.2 cm³/mol. The summed E-state index contributed by atoms with van der Waals surface area (Å²) in [6.45, 7) is 0. The van der Waals surface area contributed by atoms with E-state index in [-0.39, 0.29) is 15.9 Å². The largest absolute Gasteiger partial charge is 0.238 e. The van der Waals surface area contributed by atoms with Crippen LogP contribution in [0.4, 0.5) is 8.78 Å². The highest BCUT2D eigenvalue weighted by Gasteiger charge is 2.15. The maximum Gasteiger partial charge on any atom is 0.238 e. The van der Waals surface area contributed by atoms with E-state index in [2.05, 4.69) is 0 Å². The first-order valence-corrected chi connectivity index (χ1v) is 6.39. The maximum atomic E-state index is 11.7. The van der Waals surface area contributed by atoms with E-state index in [1.54, 1.807) is 0 Å². The Hall–Kier alpha value is 0.0769. The van der Waals surface area contributed by atoms with Crippen LogP contribution in [0.15, 0.2) is 0 Å². The van der Waals surface area contributed by atoms with Crippen molar-refractivity contribution in [2.45, 2.75) is 50.1 Å². The fourth-order valence-corrected chi connectivity index (χ4v) is 4.14. The summed E-state index contributed by atoms with van der Waals surface area (Å²) in [5.41, 5.74) is 0.911. The Bertz CT molecular complexity index is 100. The summed E-state index contributed by atoms with van der Waals surface area (Å²) >= 11 is 0. The molecule has 0 unspecified atom stereocenters. The Morgan fingerprint density at radius 2 is 1.91 bits per heavy atom. The normalized spacial score (nSPS) is 21.0. The van der Waals surface area contributed by atoms with Gasteiger partial charge in [0.25, 0.3) is 0 Å². The molecular weight excluding hydrogens is 162 g/mol. The summed E-state index contributed by atoms with van der Waals surface area (Å²) in [6, 6.07) is 0.863. The summed E-state index contributed by atoms with van der Waals surface area (Å²) < 4.78 is 23.5. The average Bonchev–Trinajstić information content (AvgIpc) is 2.39. The zero-order valence-corrected chi connectivity index (χ0v) is 8.27. The van der Waals surface area contributed by atoms with Gasteiger partial charge in [0, 0.05) is 15.9 Å². The molecule has 0 radical (unpaired) electrons. The number of hydrogen-bond donors (Lipinski definition) is 0. The van der Waals surface area contributed by atoms with Crippen molar-refractivity contribution < 1.29 is 8.78 Å². The van der Waals surface area contributed by atoms with E-state index in [0.29, 0.717) is 0 Å². The van der Waals surface area contributed by atoms with Crippen LogP contribution in [-0.2, 0) is 0 Å². The zero-order chi connectivity index (χ0) is 8.10. The van der Waals surface area contributed by atoms with E-state index in [4.69, 9.17) is 0 Å².